The number of rotatable bonds is 4. The highest BCUT2D eigenvalue weighted by Gasteiger charge is 2.29. The monoisotopic (exact) mass is 367 g/mol. The molecule has 1 aromatic carbocycles. The van der Waals surface area contributed by atoms with Crippen LogP contribution in [0.25, 0.3) is 11.4 Å². The summed E-state index contributed by atoms with van der Waals surface area (Å²) < 4.78 is 20.7. The van der Waals surface area contributed by atoms with E-state index >= 15 is 0 Å². The van der Waals surface area contributed by atoms with E-state index in [1.54, 1.807) is 48.2 Å². The fourth-order valence-corrected chi connectivity index (χ4v) is 2.70. The molecule has 2 aromatic heterocycles. The SMILES string of the molecule is CC1(N)C=NC(c2cc(-c3ccon3)n(Cc3ccccc3F)n2)=NC1N. The van der Waals surface area contributed by atoms with E-state index in [-0.39, 0.29) is 12.4 Å². The van der Waals surface area contributed by atoms with Crippen LogP contribution in [-0.2, 0) is 6.54 Å². The normalized spacial score (nSPS) is 22.1. The molecule has 0 saturated heterocycles. The summed E-state index contributed by atoms with van der Waals surface area (Å²) in [5.74, 6) is 0.0528. The van der Waals surface area contributed by atoms with Gasteiger partial charge in [0.25, 0.3) is 0 Å². The number of hydrogen-bond acceptors (Lipinski definition) is 7. The number of amidine groups is 1. The first-order valence-corrected chi connectivity index (χ1v) is 8.34. The molecule has 0 bridgehead atoms. The van der Waals surface area contributed by atoms with Gasteiger partial charge in [0.05, 0.1) is 17.8 Å². The van der Waals surface area contributed by atoms with Gasteiger partial charge in [-0.25, -0.2) is 14.4 Å². The van der Waals surface area contributed by atoms with Gasteiger partial charge in [-0.15, -0.1) is 0 Å². The van der Waals surface area contributed by atoms with E-state index in [0.29, 0.717) is 28.5 Å². The zero-order valence-corrected chi connectivity index (χ0v) is 14.6. The highest BCUT2D eigenvalue weighted by molar-refractivity contribution is 6.04. The first kappa shape index (κ1) is 17.3. The molecule has 2 atom stereocenters. The molecule has 3 heterocycles. The molecule has 4 N–H and O–H groups in total. The van der Waals surface area contributed by atoms with E-state index in [1.165, 1.54) is 12.3 Å². The number of nitrogens with zero attached hydrogens (tertiary/aromatic N) is 5. The van der Waals surface area contributed by atoms with Crippen LogP contribution < -0.4 is 11.5 Å². The van der Waals surface area contributed by atoms with Crippen LogP contribution in [0.5, 0.6) is 0 Å². The van der Waals surface area contributed by atoms with Gasteiger partial charge in [-0.1, -0.05) is 23.4 Å². The third-order valence-corrected chi connectivity index (χ3v) is 4.35. The van der Waals surface area contributed by atoms with Crippen molar-refractivity contribution in [2.75, 3.05) is 0 Å². The molecule has 2 unspecified atom stereocenters. The maximum absolute atomic E-state index is 14.1. The quantitative estimate of drug-likeness (QED) is 0.725. The molecule has 138 valence electrons. The molecule has 3 aromatic rings. The molecule has 1 aliphatic heterocycles. The molecular formula is C18H18FN7O. The third kappa shape index (κ3) is 3.29. The summed E-state index contributed by atoms with van der Waals surface area (Å²) in [5, 5.41) is 8.49. The van der Waals surface area contributed by atoms with Crippen LogP contribution >= 0.6 is 0 Å². The summed E-state index contributed by atoms with van der Waals surface area (Å²) in [4.78, 5) is 8.63. The Morgan fingerprint density at radius 2 is 2.07 bits per heavy atom. The molecular weight excluding hydrogens is 349 g/mol. The minimum Gasteiger partial charge on any atom is -0.364 e. The second-order valence-corrected chi connectivity index (χ2v) is 6.57. The second-order valence-electron chi connectivity index (χ2n) is 6.57. The Morgan fingerprint density at radius 1 is 1.26 bits per heavy atom. The van der Waals surface area contributed by atoms with Crippen LogP contribution in [0.1, 0.15) is 18.2 Å². The van der Waals surface area contributed by atoms with Crippen LogP contribution in [0.15, 0.2) is 57.2 Å². The van der Waals surface area contributed by atoms with E-state index in [0.717, 1.165) is 0 Å². The van der Waals surface area contributed by atoms with E-state index in [9.17, 15) is 4.39 Å². The Hall–Kier alpha value is -3.17. The number of nitrogens with two attached hydrogens (primary N) is 2. The van der Waals surface area contributed by atoms with Gasteiger partial charge in [0.1, 0.15) is 29.6 Å². The number of halogens is 1. The molecule has 0 spiro atoms. The second kappa shape index (κ2) is 6.53. The zero-order chi connectivity index (χ0) is 19.0. The minimum absolute atomic E-state index is 0.215. The molecule has 4 rings (SSSR count). The van der Waals surface area contributed by atoms with Crippen molar-refractivity contribution < 1.29 is 8.91 Å². The lowest BCUT2D eigenvalue weighted by Gasteiger charge is -2.27. The summed E-state index contributed by atoms with van der Waals surface area (Å²) in [7, 11) is 0. The van der Waals surface area contributed by atoms with Crippen LogP contribution in [0.2, 0.25) is 0 Å². The number of aliphatic imine (C=N–C) groups is 2. The Morgan fingerprint density at radius 3 is 2.78 bits per heavy atom. The van der Waals surface area contributed by atoms with Crippen LogP contribution in [-0.4, -0.2) is 38.7 Å². The van der Waals surface area contributed by atoms with Gasteiger partial charge >= 0.3 is 0 Å². The van der Waals surface area contributed by atoms with Gasteiger partial charge in [0.2, 0.25) is 0 Å². The average Bonchev–Trinajstić information content (AvgIpc) is 3.29. The number of benzene rings is 1. The van der Waals surface area contributed by atoms with E-state index in [4.69, 9.17) is 16.0 Å². The van der Waals surface area contributed by atoms with Crippen molar-refractivity contribution in [2.45, 2.75) is 25.2 Å². The molecule has 1 aliphatic rings. The fraction of sp³-hybridized carbons (Fsp3) is 0.222. The summed E-state index contributed by atoms with van der Waals surface area (Å²) >= 11 is 0. The predicted octanol–water partition coefficient (Wildman–Crippen LogP) is 1.56. The first-order chi connectivity index (χ1) is 12.9. The standard InChI is InChI=1S/C18H18FN7O/c1-18(21)10-22-16(23-17(18)20)14-8-15(13-6-7-27-25-13)26(24-14)9-11-4-2-3-5-12(11)19/h2-8,10,17H,9,20-21H2,1H3. The lowest BCUT2D eigenvalue weighted by molar-refractivity contribution is 0.421. The van der Waals surface area contributed by atoms with Crippen LogP contribution in [0.4, 0.5) is 4.39 Å². The lowest BCUT2D eigenvalue weighted by Crippen LogP contribution is -2.55. The van der Waals surface area contributed by atoms with E-state index < -0.39 is 11.7 Å². The van der Waals surface area contributed by atoms with Gasteiger partial charge in [-0.3, -0.25) is 4.68 Å². The summed E-state index contributed by atoms with van der Waals surface area (Å²) in [6.07, 6.45) is 2.38. The molecule has 0 amide bonds. The van der Waals surface area contributed by atoms with E-state index in [2.05, 4.69) is 20.2 Å². The van der Waals surface area contributed by atoms with Crippen molar-refractivity contribution in [3.8, 4) is 11.4 Å². The van der Waals surface area contributed by atoms with Gasteiger partial charge in [0.15, 0.2) is 5.84 Å². The molecule has 0 radical (unpaired) electrons. The van der Waals surface area contributed by atoms with E-state index in [1.807, 2.05) is 0 Å². The van der Waals surface area contributed by atoms with Crippen molar-refractivity contribution in [1.82, 2.24) is 14.9 Å². The number of hydrogen-bond donors (Lipinski definition) is 2. The van der Waals surface area contributed by atoms with Crippen molar-refractivity contribution in [3.63, 3.8) is 0 Å². The van der Waals surface area contributed by atoms with Crippen LogP contribution in [0.3, 0.4) is 0 Å². The molecule has 9 heteroatoms. The molecule has 0 fully saturated rings. The van der Waals surface area contributed by atoms with Crippen LogP contribution in [0, 0.1) is 5.82 Å². The molecule has 27 heavy (non-hydrogen) atoms. The van der Waals surface area contributed by atoms with Gasteiger partial charge in [-0.2, -0.15) is 5.10 Å². The van der Waals surface area contributed by atoms with Gasteiger partial charge < -0.3 is 16.0 Å². The highest BCUT2D eigenvalue weighted by atomic mass is 19.1. The highest BCUT2D eigenvalue weighted by Crippen LogP contribution is 2.22. The Kier molecular flexibility index (Phi) is 4.17. The van der Waals surface area contributed by atoms with Gasteiger partial charge in [-0.05, 0) is 19.1 Å². The maximum atomic E-state index is 14.1. The van der Waals surface area contributed by atoms with Crippen molar-refractivity contribution in [3.05, 3.63) is 59.7 Å². The summed E-state index contributed by atoms with van der Waals surface area (Å²) in [6, 6.07) is 9.99. The van der Waals surface area contributed by atoms with Crippen molar-refractivity contribution in [1.29, 1.82) is 0 Å². The van der Waals surface area contributed by atoms with Crippen molar-refractivity contribution >= 4 is 12.1 Å². The smallest absolute Gasteiger partial charge is 0.176 e. The van der Waals surface area contributed by atoms with Gasteiger partial charge in [0, 0.05) is 17.8 Å². The Balaban J connectivity index is 1.75. The molecule has 0 saturated carbocycles. The summed E-state index contributed by atoms with van der Waals surface area (Å²) in [5.41, 5.74) is 13.4. The minimum atomic E-state index is -0.825. The average molecular weight is 367 g/mol. The maximum Gasteiger partial charge on any atom is 0.176 e. The largest absolute Gasteiger partial charge is 0.364 e. The Bertz CT molecular complexity index is 1020. The Labute approximate surface area is 154 Å². The predicted molar refractivity (Wildman–Crippen MR) is 98.8 cm³/mol. The molecule has 0 aliphatic carbocycles. The zero-order valence-electron chi connectivity index (χ0n) is 14.6. The number of aromatic nitrogens is 3. The fourth-order valence-electron chi connectivity index (χ4n) is 2.70. The third-order valence-electron chi connectivity index (χ3n) is 4.35. The topological polar surface area (TPSA) is 121 Å². The summed E-state index contributed by atoms with van der Waals surface area (Å²) in [6.45, 7) is 1.96. The van der Waals surface area contributed by atoms with Crippen molar-refractivity contribution in [2.24, 2.45) is 21.5 Å². The molecule has 8 nitrogen and oxygen atoms in total. The lowest BCUT2D eigenvalue weighted by atomic mass is 10.0. The first-order valence-electron chi connectivity index (χ1n) is 8.34.